The van der Waals surface area contributed by atoms with Gasteiger partial charge < -0.3 is 18.8 Å². The summed E-state index contributed by atoms with van der Waals surface area (Å²) in [7, 11) is 0. The maximum absolute atomic E-state index is 0. The summed E-state index contributed by atoms with van der Waals surface area (Å²) in [5.74, 6) is 0. The minimum absolute atomic E-state index is 0. The Balaban J connectivity index is 0. The van der Waals surface area contributed by atoms with Gasteiger partial charge in [0, 0.05) is 0 Å². The minimum atomic E-state index is 0. The summed E-state index contributed by atoms with van der Waals surface area (Å²) in [6.45, 7) is 0. The van der Waals surface area contributed by atoms with Gasteiger partial charge in [-0.1, -0.05) is 0 Å². The SMILES string of the molecule is [F-].[F-].[F-].[F-].[Fe+2]. The van der Waals surface area contributed by atoms with Gasteiger partial charge in [-0.05, 0) is 0 Å². The van der Waals surface area contributed by atoms with Crippen molar-refractivity contribution >= 4 is 0 Å². The standard InChI is InChI=1S/4FH.Fe/h4*1H;/q;;;;+2/p-4. The molecule has 0 aromatic rings. The first kappa shape index (κ1) is 1640. The summed E-state index contributed by atoms with van der Waals surface area (Å²) in [6.07, 6.45) is 0. The summed E-state index contributed by atoms with van der Waals surface area (Å²) < 4.78 is 0. The Morgan fingerprint density at radius 1 is 0.400 bits per heavy atom. The molecule has 0 aliphatic heterocycles. The predicted molar refractivity (Wildman–Crippen MR) is 0 cm³/mol. The fourth-order valence-electron chi connectivity index (χ4n) is 0. The van der Waals surface area contributed by atoms with E-state index in [4.69, 9.17) is 0 Å². The Labute approximate surface area is 36.9 Å². The molecule has 0 radical (unpaired) electrons. The maximum Gasteiger partial charge on any atom is 2.00 e. The molecule has 0 fully saturated rings. The molecular weight excluding hydrogens is 132 g/mol. The molecule has 0 bridgehead atoms. The Morgan fingerprint density at radius 2 is 0.400 bits per heavy atom. The number of hydrogen-bond acceptors (Lipinski definition) is 0. The second-order valence-corrected chi connectivity index (χ2v) is 0. The van der Waals surface area contributed by atoms with Crippen molar-refractivity contribution in [1.82, 2.24) is 0 Å². The van der Waals surface area contributed by atoms with E-state index in [1.165, 1.54) is 0 Å². The first-order chi connectivity index (χ1) is 0. The van der Waals surface area contributed by atoms with Crippen LogP contribution in [0, 0.1) is 0 Å². The molecule has 0 aromatic carbocycles. The molecule has 5 heteroatoms. The van der Waals surface area contributed by atoms with Crippen molar-refractivity contribution in [1.29, 1.82) is 0 Å². The van der Waals surface area contributed by atoms with E-state index in [2.05, 4.69) is 0 Å². The molecule has 0 spiro atoms. The van der Waals surface area contributed by atoms with Crippen LogP contribution < -0.4 is 18.8 Å². The van der Waals surface area contributed by atoms with E-state index in [9.17, 15) is 0 Å². The molecule has 0 aliphatic rings. The minimum Gasteiger partial charge on any atom is -1.00 e. The third-order valence-corrected chi connectivity index (χ3v) is 0. The van der Waals surface area contributed by atoms with Gasteiger partial charge in [-0.2, -0.15) is 0 Å². The molecule has 0 aliphatic carbocycles. The number of halogens is 4. The van der Waals surface area contributed by atoms with Crippen LogP contribution in [0.2, 0.25) is 0 Å². The van der Waals surface area contributed by atoms with E-state index < -0.39 is 0 Å². The summed E-state index contributed by atoms with van der Waals surface area (Å²) in [5.41, 5.74) is 0. The van der Waals surface area contributed by atoms with Crippen LogP contribution in [-0.2, 0) is 17.1 Å². The number of rotatable bonds is 0. The largest absolute Gasteiger partial charge is 2.00 e. The molecule has 0 rings (SSSR count). The zero-order chi connectivity index (χ0) is 0. The van der Waals surface area contributed by atoms with Crippen LogP contribution >= 0.6 is 0 Å². The van der Waals surface area contributed by atoms with Crippen LogP contribution in [0.1, 0.15) is 0 Å². The second kappa shape index (κ2) is 776. The average molecular weight is 132 g/mol. The molecule has 0 nitrogen and oxygen atoms in total. The fourth-order valence-corrected chi connectivity index (χ4v) is 0. The first-order valence-corrected chi connectivity index (χ1v) is 0. The third-order valence-electron chi connectivity index (χ3n) is 0. The van der Waals surface area contributed by atoms with E-state index >= 15 is 0 Å². The maximum atomic E-state index is 0. The van der Waals surface area contributed by atoms with Crippen LogP contribution in [0.3, 0.4) is 0 Å². The summed E-state index contributed by atoms with van der Waals surface area (Å²) in [4.78, 5) is 0. The summed E-state index contributed by atoms with van der Waals surface area (Å²) >= 11 is 0. The second-order valence-electron chi connectivity index (χ2n) is 0. The zero-order valence-electron chi connectivity index (χ0n) is 1.87. The van der Waals surface area contributed by atoms with Crippen molar-refractivity contribution in [3.8, 4) is 0 Å². The van der Waals surface area contributed by atoms with Crippen LogP contribution in [0.4, 0.5) is 0 Å². The van der Waals surface area contributed by atoms with Gasteiger partial charge in [0.2, 0.25) is 0 Å². The van der Waals surface area contributed by atoms with E-state index in [0.717, 1.165) is 0 Å². The van der Waals surface area contributed by atoms with Gasteiger partial charge in [-0.3, -0.25) is 0 Å². The first-order valence-electron chi connectivity index (χ1n) is 0. The molecule has 0 N–H and O–H groups in total. The molecule has 0 atom stereocenters. The van der Waals surface area contributed by atoms with Crippen LogP contribution in [0.15, 0.2) is 0 Å². The van der Waals surface area contributed by atoms with E-state index in [1.807, 2.05) is 0 Å². The number of hydrogen-bond donors (Lipinski definition) is 0. The normalized spacial score (nSPS) is 0. The molecule has 0 amide bonds. The van der Waals surface area contributed by atoms with Gasteiger partial charge in [-0.15, -0.1) is 0 Å². The van der Waals surface area contributed by atoms with Gasteiger partial charge in [-0.25, -0.2) is 0 Å². The van der Waals surface area contributed by atoms with Crippen molar-refractivity contribution in [2.45, 2.75) is 0 Å². The van der Waals surface area contributed by atoms with Gasteiger partial charge in [0.15, 0.2) is 0 Å². The molecule has 38 valence electrons. The van der Waals surface area contributed by atoms with E-state index in [-0.39, 0.29) is 35.9 Å². The van der Waals surface area contributed by atoms with Gasteiger partial charge in [0.25, 0.3) is 0 Å². The fraction of sp³-hybridized carbons (Fsp3) is 0. The van der Waals surface area contributed by atoms with Crippen molar-refractivity contribution in [3.63, 3.8) is 0 Å². The smallest absolute Gasteiger partial charge is 1.00 e. The summed E-state index contributed by atoms with van der Waals surface area (Å²) in [6, 6.07) is 0. The Hall–Kier alpha value is 0.239. The molecule has 0 aromatic heterocycles. The quantitative estimate of drug-likeness (QED) is 0.227. The monoisotopic (exact) mass is 132 g/mol. The van der Waals surface area contributed by atoms with Crippen molar-refractivity contribution < 1.29 is 35.9 Å². The Morgan fingerprint density at radius 3 is 0.400 bits per heavy atom. The van der Waals surface area contributed by atoms with Gasteiger partial charge in [0.1, 0.15) is 0 Å². The molecule has 0 saturated heterocycles. The van der Waals surface area contributed by atoms with E-state index in [0.29, 0.717) is 0 Å². The topological polar surface area (TPSA) is 0 Å². The average Bonchev–Trinajstić information content (AvgIpc) is 0. The van der Waals surface area contributed by atoms with Crippen molar-refractivity contribution in [3.05, 3.63) is 0 Å². The third kappa shape index (κ3) is 371. The molecular formula is F4Fe-2. The zero-order valence-corrected chi connectivity index (χ0v) is 2.97. The molecule has 0 saturated carbocycles. The van der Waals surface area contributed by atoms with Gasteiger partial charge >= 0.3 is 17.1 Å². The summed E-state index contributed by atoms with van der Waals surface area (Å²) in [5, 5.41) is 0. The van der Waals surface area contributed by atoms with Crippen LogP contribution in [0.25, 0.3) is 0 Å². The Kier molecular flexibility index (Phi) is 255000. The van der Waals surface area contributed by atoms with Crippen LogP contribution in [-0.4, -0.2) is 0 Å². The van der Waals surface area contributed by atoms with Crippen molar-refractivity contribution in [2.75, 3.05) is 0 Å². The Bertz CT molecular complexity index is 3.61. The molecule has 0 unspecified atom stereocenters. The van der Waals surface area contributed by atoms with E-state index in [1.54, 1.807) is 0 Å². The molecule has 0 heterocycles. The van der Waals surface area contributed by atoms with Gasteiger partial charge in [0.05, 0.1) is 0 Å². The predicted octanol–water partition coefficient (Wildman–Crippen LogP) is -12.0. The van der Waals surface area contributed by atoms with Crippen molar-refractivity contribution in [2.24, 2.45) is 0 Å². The van der Waals surface area contributed by atoms with Crippen LogP contribution in [0.5, 0.6) is 0 Å². The molecule has 5 heavy (non-hydrogen) atoms.